The second-order valence-corrected chi connectivity index (χ2v) is 6.38. The second-order valence-electron chi connectivity index (χ2n) is 4.33. The molecule has 3 nitrogen and oxygen atoms in total. The van der Waals surface area contributed by atoms with Gasteiger partial charge in [-0.05, 0) is 33.4 Å². The van der Waals surface area contributed by atoms with Gasteiger partial charge in [-0.1, -0.05) is 18.2 Å². The minimum Gasteiger partial charge on any atom is -0.487 e. The summed E-state index contributed by atoms with van der Waals surface area (Å²) in [5, 5.41) is 1.22. The summed E-state index contributed by atoms with van der Waals surface area (Å²) in [5.74, 6) is 0.748. The number of rotatable bonds is 4. The van der Waals surface area contributed by atoms with Crippen LogP contribution in [-0.4, -0.2) is 4.98 Å². The number of pyridine rings is 1. The lowest BCUT2D eigenvalue weighted by Gasteiger charge is -2.07. The van der Waals surface area contributed by atoms with Gasteiger partial charge in [-0.2, -0.15) is 0 Å². The van der Waals surface area contributed by atoms with E-state index in [9.17, 15) is 0 Å². The molecule has 0 bridgehead atoms. The molecule has 0 aliphatic carbocycles. The molecule has 0 unspecified atom stereocenters. The number of nitrogens with zero attached hydrogens (tertiary/aromatic N) is 1. The summed E-state index contributed by atoms with van der Waals surface area (Å²) in [4.78, 5) is 5.27. The number of aromatic nitrogens is 1. The summed E-state index contributed by atoms with van der Waals surface area (Å²) in [6, 6.07) is 10.2. The third-order valence-electron chi connectivity index (χ3n) is 3.03. The minimum absolute atomic E-state index is 0.509. The Kier molecular flexibility index (Phi) is 4.00. The Bertz CT molecular complexity index is 742. The highest BCUT2D eigenvalue weighted by atomic mass is 79.9. The number of hydrogen-bond donors (Lipinski definition) is 1. The van der Waals surface area contributed by atoms with Gasteiger partial charge in [0.1, 0.15) is 12.4 Å². The summed E-state index contributed by atoms with van der Waals surface area (Å²) >= 11 is 5.12. The molecule has 0 radical (unpaired) electrons. The van der Waals surface area contributed by atoms with Gasteiger partial charge in [0.05, 0.1) is 6.20 Å². The smallest absolute Gasteiger partial charge is 0.139 e. The number of ether oxygens (including phenoxy) is 1. The minimum atomic E-state index is 0.509. The van der Waals surface area contributed by atoms with Crippen LogP contribution in [0.3, 0.4) is 0 Å². The highest BCUT2D eigenvalue weighted by molar-refractivity contribution is 9.10. The predicted molar refractivity (Wildman–Crippen MR) is 86.0 cm³/mol. The molecule has 1 aromatic carbocycles. The first-order valence-electron chi connectivity index (χ1n) is 6.20. The molecule has 0 spiro atoms. The molecule has 2 N–H and O–H groups in total. The van der Waals surface area contributed by atoms with Crippen molar-refractivity contribution in [2.24, 2.45) is 5.73 Å². The molecule has 3 rings (SSSR count). The fourth-order valence-electron chi connectivity index (χ4n) is 2.10. The molecule has 2 heterocycles. The van der Waals surface area contributed by atoms with Crippen LogP contribution in [0.25, 0.3) is 10.1 Å². The maximum absolute atomic E-state index is 5.84. The van der Waals surface area contributed by atoms with Crippen LogP contribution in [0.15, 0.2) is 47.2 Å². The Morgan fingerprint density at radius 1 is 1.25 bits per heavy atom. The molecule has 0 saturated carbocycles. The van der Waals surface area contributed by atoms with Gasteiger partial charge in [0, 0.05) is 32.4 Å². The van der Waals surface area contributed by atoms with Crippen LogP contribution in [0.2, 0.25) is 0 Å². The van der Waals surface area contributed by atoms with E-state index in [1.54, 1.807) is 23.7 Å². The van der Waals surface area contributed by atoms with Crippen molar-refractivity contribution in [1.29, 1.82) is 0 Å². The van der Waals surface area contributed by atoms with E-state index in [-0.39, 0.29) is 0 Å². The monoisotopic (exact) mass is 348 g/mol. The first-order chi connectivity index (χ1) is 9.78. The van der Waals surface area contributed by atoms with E-state index in [1.807, 2.05) is 18.2 Å². The number of nitrogens with two attached hydrogens (primary N) is 1. The molecule has 0 atom stereocenters. The number of benzene rings is 1. The average Bonchev–Trinajstić information content (AvgIpc) is 2.83. The zero-order chi connectivity index (χ0) is 13.9. The van der Waals surface area contributed by atoms with Crippen LogP contribution in [0.4, 0.5) is 0 Å². The van der Waals surface area contributed by atoms with Crippen molar-refractivity contribution in [3.05, 3.63) is 57.6 Å². The maximum Gasteiger partial charge on any atom is 0.139 e. The quantitative estimate of drug-likeness (QED) is 0.772. The Balaban J connectivity index is 1.90. The molecule has 3 aromatic rings. The lowest BCUT2D eigenvalue weighted by Crippen LogP contribution is -2.01. The summed E-state index contributed by atoms with van der Waals surface area (Å²) in [7, 11) is 0. The normalized spacial score (nSPS) is 10.9. The average molecular weight is 349 g/mol. The molecule has 0 amide bonds. The third-order valence-corrected chi connectivity index (χ3v) is 4.70. The topological polar surface area (TPSA) is 48.1 Å². The third kappa shape index (κ3) is 2.70. The van der Waals surface area contributed by atoms with E-state index in [2.05, 4.69) is 33.0 Å². The maximum atomic E-state index is 5.84. The molecular weight excluding hydrogens is 336 g/mol. The van der Waals surface area contributed by atoms with Crippen molar-refractivity contribution in [1.82, 2.24) is 4.98 Å². The fourth-order valence-corrected chi connectivity index (χ4v) is 3.53. The molecule has 0 saturated heterocycles. The molecule has 0 fully saturated rings. The van der Waals surface area contributed by atoms with Crippen molar-refractivity contribution >= 4 is 37.4 Å². The van der Waals surface area contributed by atoms with Crippen molar-refractivity contribution in [2.45, 2.75) is 13.2 Å². The zero-order valence-electron chi connectivity index (χ0n) is 10.7. The first kappa shape index (κ1) is 13.5. The standard InChI is InChI=1S/C15H13BrN2OS/c16-10-5-11(8-18-7-10)19-9-13-12-3-1-2-4-14(12)20-15(13)6-17/h1-5,7-8H,6,9,17H2. The van der Waals surface area contributed by atoms with Gasteiger partial charge in [-0.25, -0.2) is 0 Å². The summed E-state index contributed by atoms with van der Waals surface area (Å²) in [6.45, 7) is 1.05. The molecule has 2 aromatic heterocycles. The molecule has 0 aliphatic heterocycles. The van der Waals surface area contributed by atoms with E-state index in [4.69, 9.17) is 10.5 Å². The number of halogens is 1. The summed E-state index contributed by atoms with van der Waals surface area (Å²) in [5.41, 5.74) is 7.02. The van der Waals surface area contributed by atoms with Gasteiger partial charge in [0.15, 0.2) is 0 Å². The zero-order valence-corrected chi connectivity index (χ0v) is 13.1. The summed E-state index contributed by atoms with van der Waals surface area (Å²) in [6.07, 6.45) is 3.44. The van der Waals surface area contributed by atoms with Crippen molar-refractivity contribution < 1.29 is 4.74 Å². The lowest BCUT2D eigenvalue weighted by atomic mass is 10.1. The number of thiophene rings is 1. The van der Waals surface area contributed by atoms with Crippen LogP contribution in [0.5, 0.6) is 5.75 Å². The van der Waals surface area contributed by atoms with Gasteiger partial charge < -0.3 is 10.5 Å². The molecular formula is C15H13BrN2OS. The molecule has 0 aliphatic rings. The highest BCUT2D eigenvalue weighted by Crippen LogP contribution is 2.32. The SMILES string of the molecule is NCc1sc2ccccc2c1COc1cncc(Br)c1. The van der Waals surface area contributed by atoms with Crippen molar-refractivity contribution in [3.8, 4) is 5.75 Å². The summed E-state index contributed by atoms with van der Waals surface area (Å²) < 4.78 is 8.00. The second kappa shape index (κ2) is 5.91. The molecule has 20 heavy (non-hydrogen) atoms. The number of fused-ring (bicyclic) bond motifs is 1. The fraction of sp³-hybridized carbons (Fsp3) is 0.133. The van der Waals surface area contributed by atoms with Crippen LogP contribution < -0.4 is 10.5 Å². The predicted octanol–water partition coefficient (Wildman–Crippen LogP) is 4.10. The van der Waals surface area contributed by atoms with E-state index in [0.29, 0.717) is 13.2 Å². The molecule has 102 valence electrons. The van der Waals surface area contributed by atoms with E-state index in [1.165, 1.54) is 20.5 Å². The Morgan fingerprint density at radius 2 is 2.10 bits per heavy atom. The van der Waals surface area contributed by atoms with Crippen LogP contribution in [0, 0.1) is 0 Å². The van der Waals surface area contributed by atoms with E-state index >= 15 is 0 Å². The molecule has 5 heteroatoms. The van der Waals surface area contributed by atoms with Crippen LogP contribution in [-0.2, 0) is 13.2 Å². The van der Waals surface area contributed by atoms with E-state index in [0.717, 1.165) is 10.2 Å². The Morgan fingerprint density at radius 3 is 2.90 bits per heavy atom. The van der Waals surface area contributed by atoms with Gasteiger partial charge in [0.25, 0.3) is 0 Å². The van der Waals surface area contributed by atoms with Gasteiger partial charge in [0.2, 0.25) is 0 Å². The van der Waals surface area contributed by atoms with Gasteiger partial charge in [-0.15, -0.1) is 11.3 Å². The highest BCUT2D eigenvalue weighted by Gasteiger charge is 2.11. The van der Waals surface area contributed by atoms with Crippen LogP contribution >= 0.6 is 27.3 Å². The van der Waals surface area contributed by atoms with Gasteiger partial charge >= 0.3 is 0 Å². The Hall–Kier alpha value is -1.43. The van der Waals surface area contributed by atoms with E-state index < -0.39 is 0 Å². The van der Waals surface area contributed by atoms with Crippen LogP contribution in [0.1, 0.15) is 10.4 Å². The van der Waals surface area contributed by atoms with Crippen molar-refractivity contribution in [3.63, 3.8) is 0 Å². The number of hydrogen-bond acceptors (Lipinski definition) is 4. The van der Waals surface area contributed by atoms with Crippen molar-refractivity contribution in [2.75, 3.05) is 0 Å². The lowest BCUT2D eigenvalue weighted by molar-refractivity contribution is 0.305. The largest absolute Gasteiger partial charge is 0.487 e. The van der Waals surface area contributed by atoms with Gasteiger partial charge in [-0.3, -0.25) is 4.98 Å². The Labute approximate surface area is 129 Å². The first-order valence-corrected chi connectivity index (χ1v) is 7.81.